The van der Waals surface area contributed by atoms with Crippen molar-refractivity contribution >= 4 is 0 Å². The molecule has 1 aromatic rings. The fourth-order valence-corrected chi connectivity index (χ4v) is 3.09. The van der Waals surface area contributed by atoms with Gasteiger partial charge in [-0.05, 0) is 29.9 Å². The molecule has 2 atom stereocenters. The van der Waals surface area contributed by atoms with Gasteiger partial charge in [-0.15, -0.1) is 0 Å². The zero-order chi connectivity index (χ0) is 15.9. The number of pyridine rings is 1. The lowest BCUT2D eigenvalue weighted by Gasteiger charge is -2.22. The number of nitrogens with one attached hydrogen (secondary N) is 1. The first-order valence-electron chi connectivity index (χ1n) is 7.98. The van der Waals surface area contributed by atoms with Crippen molar-refractivity contribution in [3.63, 3.8) is 0 Å². The second-order valence-electron chi connectivity index (χ2n) is 6.18. The summed E-state index contributed by atoms with van der Waals surface area (Å²) in [5.41, 5.74) is 2.11. The minimum atomic E-state index is 0.307. The fraction of sp³-hybridized carbons (Fsp3) is 0.706. The summed E-state index contributed by atoms with van der Waals surface area (Å²) in [6.45, 7) is 7.56. The molecule has 1 aliphatic rings. The third-order valence-electron chi connectivity index (χ3n) is 4.26. The van der Waals surface area contributed by atoms with Gasteiger partial charge in [-0.1, -0.05) is 13.8 Å². The Bertz CT molecular complexity index is 465. The molecule has 1 N–H and O–H groups in total. The SMILES string of the molecule is COCc1cnc(OC)c(CNC[C@@H]2OCC[C@@H]2C(C)C)c1. The van der Waals surface area contributed by atoms with E-state index in [0.29, 0.717) is 30.4 Å². The minimum Gasteiger partial charge on any atom is -0.481 e. The molecule has 22 heavy (non-hydrogen) atoms. The van der Waals surface area contributed by atoms with Crippen LogP contribution in [0.15, 0.2) is 12.3 Å². The van der Waals surface area contributed by atoms with E-state index in [1.165, 1.54) is 0 Å². The molecule has 0 bridgehead atoms. The average molecular weight is 308 g/mol. The van der Waals surface area contributed by atoms with E-state index in [9.17, 15) is 0 Å². The van der Waals surface area contributed by atoms with E-state index < -0.39 is 0 Å². The predicted octanol–water partition coefficient (Wildman–Crippen LogP) is 2.39. The molecular weight excluding hydrogens is 280 g/mol. The average Bonchev–Trinajstić information content (AvgIpc) is 2.97. The molecule has 1 aromatic heterocycles. The third kappa shape index (κ3) is 4.41. The van der Waals surface area contributed by atoms with Gasteiger partial charge in [0.2, 0.25) is 5.88 Å². The van der Waals surface area contributed by atoms with Crippen LogP contribution >= 0.6 is 0 Å². The zero-order valence-corrected chi connectivity index (χ0v) is 14.1. The molecular formula is C17H28N2O3. The van der Waals surface area contributed by atoms with Crippen LogP contribution in [0.2, 0.25) is 0 Å². The molecule has 0 radical (unpaired) electrons. The van der Waals surface area contributed by atoms with Gasteiger partial charge < -0.3 is 19.5 Å². The van der Waals surface area contributed by atoms with Gasteiger partial charge >= 0.3 is 0 Å². The molecule has 1 aliphatic heterocycles. The zero-order valence-electron chi connectivity index (χ0n) is 14.1. The number of aromatic nitrogens is 1. The summed E-state index contributed by atoms with van der Waals surface area (Å²) >= 11 is 0. The Hall–Kier alpha value is -1.17. The summed E-state index contributed by atoms with van der Waals surface area (Å²) < 4.78 is 16.4. The van der Waals surface area contributed by atoms with Crippen LogP contribution in [0.5, 0.6) is 5.88 Å². The Morgan fingerprint density at radius 3 is 2.91 bits per heavy atom. The summed E-state index contributed by atoms with van der Waals surface area (Å²) in [6.07, 6.45) is 3.26. The number of rotatable bonds is 8. The summed E-state index contributed by atoms with van der Waals surface area (Å²) in [5, 5.41) is 3.49. The lowest BCUT2D eigenvalue weighted by molar-refractivity contribution is 0.0787. The highest BCUT2D eigenvalue weighted by Gasteiger charge is 2.30. The number of hydrogen-bond acceptors (Lipinski definition) is 5. The van der Waals surface area contributed by atoms with E-state index in [1.807, 2.05) is 0 Å². The van der Waals surface area contributed by atoms with Crippen LogP contribution in [0.4, 0.5) is 0 Å². The van der Waals surface area contributed by atoms with Gasteiger partial charge in [0.25, 0.3) is 0 Å². The number of nitrogens with zero attached hydrogens (tertiary/aromatic N) is 1. The Balaban J connectivity index is 1.91. The Morgan fingerprint density at radius 1 is 1.41 bits per heavy atom. The largest absolute Gasteiger partial charge is 0.481 e. The molecule has 124 valence electrons. The summed E-state index contributed by atoms with van der Waals surface area (Å²) in [6, 6.07) is 2.08. The summed E-state index contributed by atoms with van der Waals surface area (Å²) in [5.74, 6) is 1.97. The van der Waals surface area contributed by atoms with E-state index >= 15 is 0 Å². The van der Waals surface area contributed by atoms with Crippen LogP contribution in [-0.4, -0.2) is 38.5 Å². The molecule has 1 saturated heterocycles. The first-order chi connectivity index (χ1) is 10.7. The highest BCUT2D eigenvalue weighted by Crippen LogP contribution is 2.27. The van der Waals surface area contributed by atoms with Crippen molar-refractivity contribution in [2.24, 2.45) is 11.8 Å². The van der Waals surface area contributed by atoms with Gasteiger partial charge in [0.05, 0.1) is 19.8 Å². The second-order valence-corrected chi connectivity index (χ2v) is 6.18. The number of ether oxygens (including phenoxy) is 3. The normalized spacial score (nSPS) is 21.5. The van der Waals surface area contributed by atoms with Crippen LogP contribution in [0.25, 0.3) is 0 Å². The van der Waals surface area contributed by atoms with Gasteiger partial charge in [-0.2, -0.15) is 0 Å². The van der Waals surface area contributed by atoms with Crippen LogP contribution in [-0.2, 0) is 22.6 Å². The summed E-state index contributed by atoms with van der Waals surface area (Å²) in [7, 11) is 3.34. The van der Waals surface area contributed by atoms with Crippen molar-refractivity contribution < 1.29 is 14.2 Å². The van der Waals surface area contributed by atoms with E-state index in [-0.39, 0.29) is 0 Å². The summed E-state index contributed by atoms with van der Waals surface area (Å²) in [4.78, 5) is 4.34. The lowest BCUT2D eigenvalue weighted by Crippen LogP contribution is -2.32. The molecule has 0 aromatic carbocycles. The second kappa shape index (κ2) is 8.46. The first kappa shape index (κ1) is 17.2. The molecule has 0 amide bonds. The highest BCUT2D eigenvalue weighted by molar-refractivity contribution is 5.29. The topological polar surface area (TPSA) is 52.6 Å². The van der Waals surface area contributed by atoms with Crippen molar-refractivity contribution in [2.75, 3.05) is 27.4 Å². The van der Waals surface area contributed by atoms with Crippen molar-refractivity contribution in [1.29, 1.82) is 0 Å². The highest BCUT2D eigenvalue weighted by atomic mass is 16.5. The molecule has 1 fully saturated rings. The molecule has 0 unspecified atom stereocenters. The smallest absolute Gasteiger partial charge is 0.217 e. The third-order valence-corrected chi connectivity index (χ3v) is 4.26. The molecule has 2 heterocycles. The fourth-order valence-electron chi connectivity index (χ4n) is 3.09. The predicted molar refractivity (Wildman–Crippen MR) is 85.9 cm³/mol. The standard InChI is InChI=1S/C17H28N2O3/c1-12(2)15-5-6-22-16(15)10-18-9-14-7-13(11-20-3)8-19-17(14)21-4/h7-8,12,15-16,18H,5-6,9-11H2,1-4H3/t15-,16+/m1/s1. The van der Waals surface area contributed by atoms with Crippen molar-refractivity contribution in [1.82, 2.24) is 10.3 Å². The van der Waals surface area contributed by atoms with Crippen LogP contribution in [0.3, 0.4) is 0 Å². The molecule has 2 rings (SSSR count). The van der Waals surface area contributed by atoms with Crippen LogP contribution < -0.4 is 10.1 Å². The molecule has 5 heteroatoms. The Labute approximate surface area is 133 Å². The van der Waals surface area contributed by atoms with E-state index in [1.54, 1.807) is 20.4 Å². The van der Waals surface area contributed by atoms with Crippen molar-refractivity contribution in [2.45, 2.75) is 39.5 Å². The number of hydrogen-bond donors (Lipinski definition) is 1. The van der Waals surface area contributed by atoms with Crippen LogP contribution in [0.1, 0.15) is 31.4 Å². The Morgan fingerprint density at radius 2 is 2.23 bits per heavy atom. The van der Waals surface area contributed by atoms with Crippen LogP contribution in [0, 0.1) is 11.8 Å². The molecule has 5 nitrogen and oxygen atoms in total. The maximum atomic E-state index is 5.85. The maximum Gasteiger partial charge on any atom is 0.217 e. The van der Waals surface area contributed by atoms with Crippen molar-refractivity contribution in [3.05, 3.63) is 23.4 Å². The molecule has 0 saturated carbocycles. The monoisotopic (exact) mass is 308 g/mol. The molecule has 0 aliphatic carbocycles. The van der Waals surface area contributed by atoms with E-state index in [2.05, 4.69) is 30.2 Å². The van der Waals surface area contributed by atoms with E-state index in [0.717, 1.165) is 37.2 Å². The van der Waals surface area contributed by atoms with Gasteiger partial charge in [0, 0.05) is 38.6 Å². The quantitative estimate of drug-likeness (QED) is 0.799. The van der Waals surface area contributed by atoms with Gasteiger partial charge in [-0.25, -0.2) is 4.98 Å². The lowest BCUT2D eigenvalue weighted by atomic mass is 9.89. The van der Waals surface area contributed by atoms with Crippen molar-refractivity contribution in [3.8, 4) is 5.88 Å². The van der Waals surface area contributed by atoms with Gasteiger partial charge in [0.15, 0.2) is 0 Å². The number of methoxy groups -OCH3 is 2. The van der Waals surface area contributed by atoms with Gasteiger partial charge in [-0.3, -0.25) is 0 Å². The maximum absolute atomic E-state index is 5.85. The van der Waals surface area contributed by atoms with E-state index in [4.69, 9.17) is 14.2 Å². The minimum absolute atomic E-state index is 0.307. The molecule has 0 spiro atoms. The van der Waals surface area contributed by atoms with Gasteiger partial charge in [0.1, 0.15) is 0 Å². The Kier molecular flexibility index (Phi) is 6.61. The first-order valence-corrected chi connectivity index (χ1v) is 7.98.